The number of nitrogens with zero attached hydrogens (tertiary/aromatic N) is 1. The maximum absolute atomic E-state index is 9.05. The summed E-state index contributed by atoms with van der Waals surface area (Å²) in [5.41, 5.74) is 2.20. The van der Waals surface area contributed by atoms with E-state index in [2.05, 4.69) is 24.1 Å². The van der Waals surface area contributed by atoms with Crippen LogP contribution in [0.1, 0.15) is 33.6 Å². The Labute approximate surface area is 106 Å². The van der Waals surface area contributed by atoms with Crippen LogP contribution in [0.5, 0.6) is 0 Å². The molecular formula is C15H27NO. The molecule has 2 nitrogen and oxygen atoms in total. The SMILES string of the molecule is C=C/C(=C\C(=C)C)N1CCC(CO)CC1.CC. The van der Waals surface area contributed by atoms with Crippen LogP contribution < -0.4 is 0 Å². The number of aliphatic hydroxyl groups excluding tert-OH is 1. The van der Waals surface area contributed by atoms with Gasteiger partial charge in [-0.15, -0.1) is 0 Å². The van der Waals surface area contributed by atoms with Crippen molar-refractivity contribution in [3.05, 3.63) is 36.6 Å². The molecule has 1 aliphatic heterocycles. The lowest BCUT2D eigenvalue weighted by molar-refractivity contribution is 0.153. The second-order valence-corrected chi connectivity index (χ2v) is 4.23. The summed E-state index contributed by atoms with van der Waals surface area (Å²) in [7, 11) is 0. The minimum Gasteiger partial charge on any atom is -0.396 e. The van der Waals surface area contributed by atoms with Crippen molar-refractivity contribution in [1.82, 2.24) is 4.90 Å². The Balaban J connectivity index is 0.00000121. The Morgan fingerprint density at radius 2 is 1.88 bits per heavy atom. The Morgan fingerprint density at radius 3 is 2.24 bits per heavy atom. The first-order chi connectivity index (χ1) is 8.17. The van der Waals surface area contributed by atoms with E-state index in [1.807, 2.05) is 26.8 Å². The summed E-state index contributed by atoms with van der Waals surface area (Å²) >= 11 is 0. The zero-order chi connectivity index (χ0) is 13.3. The van der Waals surface area contributed by atoms with Crippen LogP contribution in [-0.2, 0) is 0 Å². The van der Waals surface area contributed by atoms with E-state index in [9.17, 15) is 0 Å². The van der Waals surface area contributed by atoms with E-state index < -0.39 is 0 Å². The number of hydrogen-bond donors (Lipinski definition) is 1. The molecule has 0 aromatic heterocycles. The van der Waals surface area contributed by atoms with Crippen LogP contribution in [0.3, 0.4) is 0 Å². The van der Waals surface area contributed by atoms with E-state index in [0.29, 0.717) is 12.5 Å². The van der Waals surface area contributed by atoms with Crippen LogP contribution in [-0.4, -0.2) is 29.7 Å². The van der Waals surface area contributed by atoms with E-state index in [-0.39, 0.29) is 0 Å². The highest BCUT2D eigenvalue weighted by molar-refractivity contribution is 5.25. The van der Waals surface area contributed by atoms with Crippen molar-refractivity contribution < 1.29 is 5.11 Å². The van der Waals surface area contributed by atoms with Gasteiger partial charge in [-0.3, -0.25) is 0 Å². The molecule has 17 heavy (non-hydrogen) atoms. The fourth-order valence-corrected chi connectivity index (χ4v) is 1.91. The van der Waals surface area contributed by atoms with Crippen LogP contribution in [0.2, 0.25) is 0 Å². The highest BCUT2D eigenvalue weighted by Gasteiger charge is 2.18. The number of allylic oxidation sites excluding steroid dienone is 3. The van der Waals surface area contributed by atoms with Gasteiger partial charge in [-0.1, -0.05) is 32.6 Å². The van der Waals surface area contributed by atoms with Crippen molar-refractivity contribution in [3.8, 4) is 0 Å². The molecule has 0 radical (unpaired) electrons. The Kier molecular flexibility index (Phi) is 8.51. The molecule has 0 aliphatic carbocycles. The summed E-state index contributed by atoms with van der Waals surface area (Å²) in [6.07, 6.45) is 6.08. The van der Waals surface area contributed by atoms with Gasteiger partial charge >= 0.3 is 0 Å². The van der Waals surface area contributed by atoms with Crippen molar-refractivity contribution in [2.24, 2.45) is 5.92 Å². The summed E-state index contributed by atoms with van der Waals surface area (Å²) in [5, 5.41) is 9.05. The number of aliphatic hydroxyl groups is 1. The molecule has 0 unspecified atom stereocenters. The van der Waals surface area contributed by atoms with Gasteiger partial charge in [0.15, 0.2) is 0 Å². The highest BCUT2D eigenvalue weighted by atomic mass is 16.3. The van der Waals surface area contributed by atoms with E-state index in [0.717, 1.165) is 37.2 Å². The Bertz CT molecular complexity index is 260. The minimum absolute atomic E-state index is 0.321. The fourth-order valence-electron chi connectivity index (χ4n) is 1.91. The summed E-state index contributed by atoms with van der Waals surface area (Å²) in [6, 6.07) is 0. The molecule has 0 amide bonds. The quantitative estimate of drug-likeness (QED) is 0.758. The fraction of sp³-hybridized carbons (Fsp3) is 0.600. The van der Waals surface area contributed by atoms with Crippen LogP contribution in [0.25, 0.3) is 0 Å². The molecule has 1 rings (SSSR count). The molecule has 0 saturated carbocycles. The molecule has 2 heteroatoms. The zero-order valence-corrected chi connectivity index (χ0v) is 11.6. The maximum atomic E-state index is 9.05. The predicted octanol–water partition coefficient (Wildman–Crippen LogP) is 3.36. The van der Waals surface area contributed by atoms with Gasteiger partial charge in [-0.2, -0.15) is 0 Å². The monoisotopic (exact) mass is 237 g/mol. The normalized spacial score (nSPS) is 17.2. The molecule has 0 atom stereocenters. The Hall–Kier alpha value is -1.02. The lowest BCUT2D eigenvalue weighted by Crippen LogP contribution is -2.33. The first-order valence-electron chi connectivity index (χ1n) is 6.52. The van der Waals surface area contributed by atoms with E-state index >= 15 is 0 Å². The summed E-state index contributed by atoms with van der Waals surface area (Å²) < 4.78 is 0. The minimum atomic E-state index is 0.321. The van der Waals surface area contributed by atoms with Gasteiger partial charge in [0, 0.05) is 25.4 Å². The van der Waals surface area contributed by atoms with E-state index in [4.69, 9.17) is 5.11 Å². The third kappa shape index (κ3) is 5.73. The van der Waals surface area contributed by atoms with Crippen LogP contribution in [0.15, 0.2) is 36.6 Å². The highest BCUT2D eigenvalue weighted by Crippen LogP contribution is 2.20. The number of hydrogen-bond acceptors (Lipinski definition) is 2. The van der Waals surface area contributed by atoms with Gasteiger partial charge in [-0.05, 0) is 37.8 Å². The molecule has 0 spiro atoms. The van der Waals surface area contributed by atoms with Gasteiger partial charge in [0.1, 0.15) is 0 Å². The molecule has 1 aliphatic rings. The molecule has 1 fully saturated rings. The topological polar surface area (TPSA) is 23.5 Å². The van der Waals surface area contributed by atoms with Crippen molar-refractivity contribution >= 4 is 0 Å². The van der Waals surface area contributed by atoms with Gasteiger partial charge in [0.2, 0.25) is 0 Å². The summed E-state index contributed by atoms with van der Waals surface area (Å²) in [6.45, 7) is 16.0. The standard InChI is InChI=1S/C13H21NO.C2H6/c1-4-13(9-11(2)3)14-7-5-12(10-15)6-8-14;1-2/h4,9,12,15H,1-2,5-8,10H2,3H3;1-2H3/b13-9+;. The first kappa shape index (κ1) is 16.0. The average molecular weight is 237 g/mol. The predicted molar refractivity (Wildman–Crippen MR) is 75.8 cm³/mol. The molecule has 1 heterocycles. The largest absolute Gasteiger partial charge is 0.396 e. The molecule has 1 N–H and O–H groups in total. The molecule has 0 aromatic rings. The first-order valence-corrected chi connectivity index (χ1v) is 6.52. The third-order valence-electron chi connectivity index (χ3n) is 2.84. The number of piperidine rings is 1. The Morgan fingerprint density at radius 1 is 1.35 bits per heavy atom. The lowest BCUT2D eigenvalue weighted by Gasteiger charge is -2.33. The lowest BCUT2D eigenvalue weighted by atomic mass is 9.97. The second-order valence-electron chi connectivity index (χ2n) is 4.23. The van der Waals surface area contributed by atoms with Crippen molar-refractivity contribution in [3.63, 3.8) is 0 Å². The van der Waals surface area contributed by atoms with Gasteiger partial charge < -0.3 is 10.0 Å². The van der Waals surface area contributed by atoms with Crippen LogP contribution in [0, 0.1) is 5.92 Å². The smallest absolute Gasteiger partial charge is 0.0460 e. The summed E-state index contributed by atoms with van der Waals surface area (Å²) in [5.74, 6) is 0.483. The average Bonchev–Trinajstić information content (AvgIpc) is 2.38. The van der Waals surface area contributed by atoms with Crippen molar-refractivity contribution in [2.75, 3.05) is 19.7 Å². The molecular weight excluding hydrogens is 210 g/mol. The molecule has 0 aromatic carbocycles. The van der Waals surface area contributed by atoms with Gasteiger partial charge in [-0.25, -0.2) is 0 Å². The van der Waals surface area contributed by atoms with Gasteiger partial charge in [0.05, 0.1) is 0 Å². The zero-order valence-electron chi connectivity index (χ0n) is 11.6. The van der Waals surface area contributed by atoms with Crippen LogP contribution in [0.4, 0.5) is 0 Å². The molecule has 0 bridgehead atoms. The second kappa shape index (κ2) is 9.06. The van der Waals surface area contributed by atoms with E-state index in [1.54, 1.807) is 0 Å². The third-order valence-corrected chi connectivity index (χ3v) is 2.84. The van der Waals surface area contributed by atoms with Crippen molar-refractivity contribution in [1.29, 1.82) is 0 Å². The maximum Gasteiger partial charge on any atom is 0.0460 e. The van der Waals surface area contributed by atoms with E-state index in [1.165, 1.54) is 0 Å². The molecule has 1 saturated heterocycles. The molecule has 98 valence electrons. The van der Waals surface area contributed by atoms with Crippen LogP contribution >= 0.6 is 0 Å². The summed E-state index contributed by atoms with van der Waals surface area (Å²) in [4.78, 5) is 2.31. The number of likely N-dealkylation sites (tertiary alicyclic amines) is 1. The number of rotatable bonds is 4. The van der Waals surface area contributed by atoms with Gasteiger partial charge in [0.25, 0.3) is 0 Å². The van der Waals surface area contributed by atoms with Crippen molar-refractivity contribution in [2.45, 2.75) is 33.6 Å².